The Hall–Kier alpha value is -2.16. The summed E-state index contributed by atoms with van der Waals surface area (Å²) >= 11 is 5.82. The van der Waals surface area contributed by atoms with Gasteiger partial charge >= 0.3 is 0 Å². The summed E-state index contributed by atoms with van der Waals surface area (Å²) in [5.74, 6) is 0.610. The minimum Gasteiger partial charge on any atom is -0.451 e. The zero-order chi connectivity index (χ0) is 15.7. The summed E-state index contributed by atoms with van der Waals surface area (Å²) in [7, 11) is -3.90. The van der Waals surface area contributed by atoms with Crippen LogP contribution in [0.4, 0.5) is 0 Å². The predicted molar refractivity (Wildman–Crippen MR) is 77.6 cm³/mol. The Morgan fingerprint density at radius 3 is 2.59 bits per heavy atom. The average molecular weight is 340 g/mol. The number of aromatic nitrogens is 2. The van der Waals surface area contributed by atoms with Gasteiger partial charge in [0.15, 0.2) is 5.82 Å². The van der Waals surface area contributed by atoms with Crippen LogP contribution < -0.4 is 5.14 Å². The van der Waals surface area contributed by atoms with Gasteiger partial charge in [-0.1, -0.05) is 28.9 Å². The molecule has 2 heterocycles. The minimum atomic E-state index is -3.90. The molecule has 7 nitrogen and oxygen atoms in total. The number of nitrogens with zero attached hydrogens (tertiary/aromatic N) is 2. The van der Waals surface area contributed by atoms with Gasteiger partial charge in [0.1, 0.15) is 6.26 Å². The first-order valence-electron chi connectivity index (χ1n) is 6.10. The quantitative estimate of drug-likeness (QED) is 0.779. The highest BCUT2D eigenvalue weighted by atomic mass is 35.5. The van der Waals surface area contributed by atoms with Crippen molar-refractivity contribution in [2.24, 2.45) is 5.14 Å². The maximum Gasteiger partial charge on any atom is 0.271 e. The van der Waals surface area contributed by atoms with Gasteiger partial charge in [0.05, 0.1) is 5.56 Å². The van der Waals surface area contributed by atoms with Crippen molar-refractivity contribution in [3.05, 3.63) is 53.0 Å². The lowest BCUT2D eigenvalue weighted by atomic mass is 10.1. The van der Waals surface area contributed by atoms with Crippen LogP contribution in [-0.2, 0) is 16.4 Å². The van der Waals surface area contributed by atoms with E-state index in [9.17, 15) is 8.42 Å². The fourth-order valence-corrected chi connectivity index (χ4v) is 2.41. The van der Waals surface area contributed by atoms with Crippen LogP contribution in [0.2, 0.25) is 5.02 Å². The first-order chi connectivity index (χ1) is 10.4. The molecule has 0 amide bonds. The van der Waals surface area contributed by atoms with Crippen molar-refractivity contribution in [3.8, 4) is 11.5 Å². The zero-order valence-corrected chi connectivity index (χ0v) is 12.6. The Labute approximate surface area is 130 Å². The van der Waals surface area contributed by atoms with Crippen molar-refractivity contribution >= 4 is 21.6 Å². The first-order valence-corrected chi connectivity index (χ1v) is 8.03. The number of benzene rings is 1. The highest BCUT2D eigenvalue weighted by molar-refractivity contribution is 7.89. The van der Waals surface area contributed by atoms with E-state index in [1.54, 1.807) is 12.1 Å². The molecule has 0 spiro atoms. The third-order valence-corrected chi connectivity index (χ3v) is 3.87. The molecule has 0 fully saturated rings. The Morgan fingerprint density at radius 2 is 1.95 bits per heavy atom. The smallest absolute Gasteiger partial charge is 0.271 e. The molecule has 0 aliphatic heterocycles. The van der Waals surface area contributed by atoms with Crippen molar-refractivity contribution in [2.45, 2.75) is 11.5 Å². The van der Waals surface area contributed by atoms with Crippen LogP contribution in [0.25, 0.3) is 11.5 Å². The lowest BCUT2D eigenvalue weighted by Crippen LogP contribution is -2.10. The van der Waals surface area contributed by atoms with E-state index in [0.717, 1.165) is 5.56 Å². The summed E-state index contributed by atoms with van der Waals surface area (Å²) in [6.07, 6.45) is 1.65. The third kappa shape index (κ3) is 3.19. The second kappa shape index (κ2) is 5.56. The van der Waals surface area contributed by atoms with Gasteiger partial charge in [0, 0.05) is 17.5 Å². The molecule has 0 saturated heterocycles. The Bertz CT molecular complexity index is 900. The SMILES string of the molecule is NS(=O)(=O)c1cc(-c2nc(Cc3ccc(Cl)cc3)no2)co1. The maximum atomic E-state index is 11.2. The van der Waals surface area contributed by atoms with E-state index in [1.807, 2.05) is 12.1 Å². The van der Waals surface area contributed by atoms with Crippen LogP contribution in [0.3, 0.4) is 0 Å². The van der Waals surface area contributed by atoms with Gasteiger partial charge < -0.3 is 8.94 Å². The van der Waals surface area contributed by atoms with Gasteiger partial charge in [0.25, 0.3) is 15.9 Å². The number of primary sulfonamides is 1. The Kier molecular flexibility index (Phi) is 3.73. The van der Waals surface area contributed by atoms with Gasteiger partial charge in [-0.3, -0.25) is 0 Å². The number of furan rings is 1. The average Bonchev–Trinajstić information content (AvgIpc) is 3.09. The monoisotopic (exact) mass is 339 g/mol. The summed E-state index contributed by atoms with van der Waals surface area (Å²) in [6.45, 7) is 0. The molecular formula is C13H10ClN3O4S. The highest BCUT2D eigenvalue weighted by Crippen LogP contribution is 2.23. The molecule has 1 aromatic carbocycles. The normalized spacial score (nSPS) is 11.7. The van der Waals surface area contributed by atoms with E-state index in [4.69, 9.17) is 25.7 Å². The van der Waals surface area contributed by atoms with Crippen LogP contribution in [0, 0.1) is 0 Å². The molecule has 2 aromatic heterocycles. The second-order valence-corrected chi connectivity index (χ2v) is 6.45. The fourth-order valence-electron chi connectivity index (χ4n) is 1.81. The van der Waals surface area contributed by atoms with Crippen molar-refractivity contribution in [1.29, 1.82) is 0 Å². The summed E-state index contributed by atoms with van der Waals surface area (Å²) in [5.41, 5.74) is 1.31. The molecule has 9 heteroatoms. The van der Waals surface area contributed by atoms with Crippen molar-refractivity contribution in [2.75, 3.05) is 0 Å². The number of halogens is 1. The molecule has 0 saturated carbocycles. The number of hydrogen-bond donors (Lipinski definition) is 1. The van der Waals surface area contributed by atoms with E-state index in [2.05, 4.69) is 10.1 Å². The van der Waals surface area contributed by atoms with E-state index in [1.165, 1.54) is 12.3 Å². The van der Waals surface area contributed by atoms with Gasteiger partial charge in [-0.25, -0.2) is 13.6 Å². The predicted octanol–water partition coefficient (Wildman–Crippen LogP) is 2.22. The van der Waals surface area contributed by atoms with Gasteiger partial charge in [-0.2, -0.15) is 4.98 Å². The number of rotatable bonds is 4. The molecule has 22 heavy (non-hydrogen) atoms. The molecular weight excluding hydrogens is 330 g/mol. The first kappa shape index (κ1) is 14.8. The molecule has 0 atom stereocenters. The number of sulfonamides is 1. The second-order valence-electron chi connectivity index (χ2n) is 4.52. The van der Waals surface area contributed by atoms with Crippen LogP contribution in [-0.4, -0.2) is 18.6 Å². The molecule has 3 rings (SSSR count). The molecule has 3 aromatic rings. The Morgan fingerprint density at radius 1 is 1.23 bits per heavy atom. The molecule has 0 aliphatic carbocycles. The molecule has 2 N–H and O–H groups in total. The Balaban J connectivity index is 1.81. The lowest BCUT2D eigenvalue weighted by molar-refractivity contribution is 0.422. The zero-order valence-electron chi connectivity index (χ0n) is 11.1. The standard InChI is InChI=1S/C13H10ClN3O4S/c14-10-3-1-8(2-4-10)5-11-16-13(21-17-11)9-6-12(20-7-9)22(15,18)19/h1-4,6-7H,5H2,(H2,15,18,19). The number of hydrogen-bond acceptors (Lipinski definition) is 6. The summed E-state index contributed by atoms with van der Waals surface area (Å²) < 4.78 is 32.3. The molecule has 0 radical (unpaired) electrons. The van der Waals surface area contributed by atoms with Crippen molar-refractivity contribution < 1.29 is 17.4 Å². The van der Waals surface area contributed by atoms with Crippen molar-refractivity contribution in [1.82, 2.24) is 10.1 Å². The van der Waals surface area contributed by atoms with E-state index >= 15 is 0 Å². The summed E-state index contributed by atoms with van der Waals surface area (Å²) in [5, 5.41) is 9.09. The number of nitrogens with two attached hydrogens (primary N) is 1. The summed E-state index contributed by atoms with van der Waals surface area (Å²) in [4.78, 5) is 4.19. The van der Waals surface area contributed by atoms with Crippen molar-refractivity contribution in [3.63, 3.8) is 0 Å². The van der Waals surface area contributed by atoms with Gasteiger partial charge in [0.2, 0.25) is 5.09 Å². The minimum absolute atomic E-state index is 0.155. The molecule has 0 unspecified atom stereocenters. The lowest BCUT2D eigenvalue weighted by Gasteiger charge is -1.95. The van der Waals surface area contributed by atoms with Crippen LogP contribution >= 0.6 is 11.6 Å². The molecule has 114 valence electrons. The van der Waals surface area contributed by atoms with Crippen LogP contribution in [0.15, 0.2) is 50.6 Å². The summed E-state index contributed by atoms with van der Waals surface area (Å²) in [6, 6.07) is 8.48. The maximum absolute atomic E-state index is 11.2. The topological polar surface area (TPSA) is 112 Å². The molecule has 0 aliphatic rings. The largest absolute Gasteiger partial charge is 0.451 e. The van der Waals surface area contributed by atoms with Gasteiger partial charge in [-0.05, 0) is 17.7 Å². The van der Waals surface area contributed by atoms with Crippen LogP contribution in [0.5, 0.6) is 0 Å². The van der Waals surface area contributed by atoms with Crippen LogP contribution in [0.1, 0.15) is 11.4 Å². The highest BCUT2D eigenvalue weighted by Gasteiger charge is 2.17. The van der Waals surface area contributed by atoms with E-state index in [0.29, 0.717) is 22.8 Å². The fraction of sp³-hybridized carbons (Fsp3) is 0.0769. The van der Waals surface area contributed by atoms with Gasteiger partial charge in [-0.15, -0.1) is 0 Å². The van der Waals surface area contributed by atoms with E-state index < -0.39 is 10.0 Å². The third-order valence-electron chi connectivity index (χ3n) is 2.85. The van der Waals surface area contributed by atoms with E-state index in [-0.39, 0.29) is 11.0 Å². The molecule has 0 bridgehead atoms.